The molecular formula is C11H16N4O4. The number of carboxylic acids is 1. The van der Waals surface area contributed by atoms with Crippen LogP contribution in [0.2, 0.25) is 0 Å². The summed E-state index contributed by atoms with van der Waals surface area (Å²) in [6.45, 7) is 2.70. The maximum absolute atomic E-state index is 11.9. The number of aliphatic carboxylic acids is 1. The van der Waals surface area contributed by atoms with E-state index in [2.05, 4.69) is 15.7 Å². The topological polar surface area (TPSA) is 113 Å². The molecule has 0 unspecified atom stereocenters. The summed E-state index contributed by atoms with van der Waals surface area (Å²) in [5, 5.41) is 17.0. The minimum absolute atomic E-state index is 0.278. The number of carbonyl (C=O) groups is 3. The van der Waals surface area contributed by atoms with Gasteiger partial charge in [-0.05, 0) is 13.8 Å². The van der Waals surface area contributed by atoms with Crippen molar-refractivity contribution in [1.29, 1.82) is 0 Å². The van der Waals surface area contributed by atoms with Gasteiger partial charge in [0.15, 0.2) is 0 Å². The number of hydrogen-bond donors (Lipinski definition) is 3. The fourth-order valence-corrected chi connectivity index (χ4v) is 1.59. The summed E-state index contributed by atoms with van der Waals surface area (Å²) in [5.41, 5.74) is 1.69. The van der Waals surface area contributed by atoms with Crippen LogP contribution in [0.15, 0.2) is 0 Å². The highest BCUT2D eigenvalue weighted by Crippen LogP contribution is 2.11. The normalized spacial score (nSPS) is 10.1. The van der Waals surface area contributed by atoms with Crippen molar-refractivity contribution in [3.05, 3.63) is 17.0 Å². The van der Waals surface area contributed by atoms with Gasteiger partial charge in [0.05, 0.1) is 17.8 Å². The molecule has 0 saturated carbocycles. The predicted octanol–water partition coefficient (Wildman–Crippen LogP) is -1.03. The number of nitrogens with one attached hydrogen (secondary N) is 2. The second-order valence-corrected chi connectivity index (χ2v) is 4.02. The van der Waals surface area contributed by atoms with Gasteiger partial charge in [-0.3, -0.25) is 19.1 Å². The number of rotatable bonds is 5. The zero-order chi connectivity index (χ0) is 14.6. The van der Waals surface area contributed by atoms with E-state index in [0.29, 0.717) is 17.0 Å². The number of hydrogen-bond acceptors (Lipinski definition) is 4. The van der Waals surface area contributed by atoms with Crippen molar-refractivity contribution in [2.45, 2.75) is 13.8 Å². The van der Waals surface area contributed by atoms with Crippen molar-refractivity contribution in [2.24, 2.45) is 7.05 Å². The van der Waals surface area contributed by atoms with Crippen molar-refractivity contribution in [2.75, 3.05) is 13.1 Å². The molecule has 1 aromatic rings. The Bertz CT molecular complexity index is 521. The molecular weight excluding hydrogens is 252 g/mol. The van der Waals surface area contributed by atoms with Gasteiger partial charge in [0.1, 0.15) is 6.54 Å². The third-order valence-corrected chi connectivity index (χ3v) is 2.58. The summed E-state index contributed by atoms with van der Waals surface area (Å²) in [7, 11) is 1.72. The lowest BCUT2D eigenvalue weighted by atomic mass is 10.2. The van der Waals surface area contributed by atoms with Crippen LogP contribution in [-0.4, -0.2) is 45.8 Å². The highest BCUT2D eigenvalue weighted by Gasteiger charge is 2.17. The first-order chi connectivity index (χ1) is 8.82. The average molecular weight is 268 g/mol. The molecule has 0 atom stereocenters. The monoisotopic (exact) mass is 268 g/mol. The van der Waals surface area contributed by atoms with E-state index in [1.807, 2.05) is 0 Å². The van der Waals surface area contributed by atoms with Crippen molar-refractivity contribution < 1.29 is 19.5 Å². The molecule has 0 spiro atoms. The van der Waals surface area contributed by atoms with Crippen molar-refractivity contribution in [3.8, 4) is 0 Å². The Morgan fingerprint density at radius 3 is 2.32 bits per heavy atom. The van der Waals surface area contributed by atoms with E-state index in [4.69, 9.17) is 5.11 Å². The number of carbonyl (C=O) groups excluding carboxylic acids is 2. The molecule has 0 aromatic carbocycles. The zero-order valence-electron chi connectivity index (χ0n) is 11.0. The summed E-state index contributed by atoms with van der Waals surface area (Å²) in [6.07, 6.45) is 0. The smallest absolute Gasteiger partial charge is 0.322 e. The minimum Gasteiger partial charge on any atom is -0.480 e. The average Bonchev–Trinajstić information content (AvgIpc) is 2.58. The summed E-state index contributed by atoms with van der Waals surface area (Å²) < 4.78 is 1.58. The van der Waals surface area contributed by atoms with Crippen molar-refractivity contribution in [3.63, 3.8) is 0 Å². The Labute approximate surface area is 109 Å². The maximum Gasteiger partial charge on any atom is 0.322 e. The lowest BCUT2D eigenvalue weighted by Crippen LogP contribution is -2.39. The third kappa shape index (κ3) is 3.80. The van der Waals surface area contributed by atoms with E-state index in [1.54, 1.807) is 25.6 Å². The number of amides is 2. The molecule has 104 valence electrons. The quantitative estimate of drug-likeness (QED) is 0.631. The molecule has 0 saturated heterocycles. The molecule has 1 aromatic heterocycles. The van der Waals surface area contributed by atoms with E-state index in [0.717, 1.165) is 0 Å². The molecule has 0 aliphatic heterocycles. The molecule has 0 aliphatic rings. The zero-order valence-corrected chi connectivity index (χ0v) is 11.0. The van der Waals surface area contributed by atoms with Gasteiger partial charge in [0, 0.05) is 12.7 Å². The summed E-state index contributed by atoms with van der Waals surface area (Å²) in [4.78, 5) is 33.4. The second-order valence-electron chi connectivity index (χ2n) is 4.02. The van der Waals surface area contributed by atoms with Crippen molar-refractivity contribution >= 4 is 17.8 Å². The molecule has 0 radical (unpaired) electrons. The molecule has 0 fully saturated rings. The number of carboxylic acid groups (broad SMARTS) is 1. The fourth-order valence-electron chi connectivity index (χ4n) is 1.59. The molecule has 0 aliphatic carbocycles. The Kier molecular flexibility index (Phi) is 4.62. The standard InChI is InChI=1S/C11H16N4O4/c1-6-10(7(2)15(3)14-6)11(19)13-4-8(16)12-5-9(17)18/h4-5H2,1-3H3,(H,12,16)(H,13,19)(H,17,18). The second kappa shape index (κ2) is 5.98. The van der Waals surface area contributed by atoms with E-state index in [-0.39, 0.29) is 6.54 Å². The number of aromatic nitrogens is 2. The summed E-state index contributed by atoms with van der Waals surface area (Å²) >= 11 is 0. The lowest BCUT2D eigenvalue weighted by Gasteiger charge is -2.05. The first-order valence-corrected chi connectivity index (χ1v) is 5.59. The van der Waals surface area contributed by atoms with E-state index in [9.17, 15) is 14.4 Å². The molecule has 8 nitrogen and oxygen atoms in total. The van der Waals surface area contributed by atoms with Crippen LogP contribution in [0.5, 0.6) is 0 Å². The highest BCUT2D eigenvalue weighted by molar-refractivity contribution is 5.98. The van der Waals surface area contributed by atoms with Crippen LogP contribution in [-0.2, 0) is 16.6 Å². The summed E-state index contributed by atoms with van der Waals surface area (Å²) in [5.74, 6) is -2.11. The van der Waals surface area contributed by atoms with Gasteiger partial charge in [-0.25, -0.2) is 0 Å². The van der Waals surface area contributed by atoms with Gasteiger partial charge >= 0.3 is 5.97 Å². The Morgan fingerprint density at radius 2 is 1.84 bits per heavy atom. The van der Waals surface area contributed by atoms with Crippen LogP contribution in [0.25, 0.3) is 0 Å². The molecule has 3 N–H and O–H groups in total. The largest absolute Gasteiger partial charge is 0.480 e. The van der Waals surface area contributed by atoms with E-state index >= 15 is 0 Å². The van der Waals surface area contributed by atoms with Crippen molar-refractivity contribution in [1.82, 2.24) is 20.4 Å². The molecule has 1 heterocycles. The van der Waals surface area contributed by atoms with Crippen LogP contribution in [0.1, 0.15) is 21.7 Å². The predicted molar refractivity (Wildman–Crippen MR) is 65.7 cm³/mol. The van der Waals surface area contributed by atoms with Gasteiger partial charge in [0.25, 0.3) is 5.91 Å². The number of aryl methyl sites for hydroxylation is 2. The van der Waals surface area contributed by atoms with Gasteiger partial charge in [-0.2, -0.15) is 5.10 Å². The first kappa shape index (κ1) is 14.7. The maximum atomic E-state index is 11.9. The van der Waals surface area contributed by atoms with Gasteiger partial charge < -0.3 is 15.7 Å². The van der Waals surface area contributed by atoms with Crippen LogP contribution < -0.4 is 10.6 Å². The van der Waals surface area contributed by atoms with E-state index in [1.165, 1.54) is 0 Å². The van der Waals surface area contributed by atoms with Gasteiger partial charge in [0.2, 0.25) is 5.91 Å². The number of nitrogens with zero attached hydrogens (tertiary/aromatic N) is 2. The third-order valence-electron chi connectivity index (χ3n) is 2.58. The molecule has 8 heteroatoms. The Hall–Kier alpha value is -2.38. The Morgan fingerprint density at radius 1 is 1.21 bits per heavy atom. The lowest BCUT2D eigenvalue weighted by molar-refractivity contribution is -0.137. The fraction of sp³-hybridized carbons (Fsp3) is 0.455. The van der Waals surface area contributed by atoms with E-state index < -0.39 is 24.3 Å². The highest BCUT2D eigenvalue weighted by atomic mass is 16.4. The Balaban J connectivity index is 2.56. The van der Waals surface area contributed by atoms with Crippen LogP contribution in [0.4, 0.5) is 0 Å². The minimum atomic E-state index is -1.14. The summed E-state index contributed by atoms with van der Waals surface area (Å²) in [6, 6.07) is 0. The van der Waals surface area contributed by atoms with Crippen LogP contribution in [0, 0.1) is 13.8 Å². The van der Waals surface area contributed by atoms with Crippen LogP contribution in [0.3, 0.4) is 0 Å². The first-order valence-electron chi connectivity index (χ1n) is 5.59. The van der Waals surface area contributed by atoms with Gasteiger partial charge in [-0.15, -0.1) is 0 Å². The van der Waals surface area contributed by atoms with Gasteiger partial charge in [-0.1, -0.05) is 0 Å². The molecule has 1 rings (SSSR count). The SMILES string of the molecule is Cc1nn(C)c(C)c1C(=O)NCC(=O)NCC(=O)O. The molecule has 2 amide bonds. The van der Waals surface area contributed by atoms with Crippen LogP contribution >= 0.6 is 0 Å². The molecule has 19 heavy (non-hydrogen) atoms. The molecule has 0 bridgehead atoms.